The highest BCUT2D eigenvalue weighted by Crippen LogP contribution is 2.21. The van der Waals surface area contributed by atoms with Crippen LogP contribution in [0.4, 0.5) is 0 Å². The molecule has 3 nitrogen and oxygen atoms in total. The zero-order chi connectivity index (χ0) is 11.3. The number of phenols is 1. The summed E-state index contributed by atoms with van der Waals surface area (Å²) in [7, 11) is 0. The van der Waals surface area contributed by atoms with E-state index in [-0.39, 0.29) is 5.75 Å². The molecule has 15 heavy (non-hydrogen) atoms. The van der Waals surface area contributed by atoms with Crippen molar-refractivity contribution in [1.82, 2.24) is 0 Å². The fourth-order valence-corrected chi connectivity index (χ4v) is 1.46. The molecule has 2 N–H and O–H groups in total. The minimum absolute atomic E-state index is 0.171. The molecule has 0 aliphatic heterocycles. The van der Waals surface area contributed by atoms with Gasteiger partial charge >= 0.3 is 0 Å². The van der Waals surface area contributed by atoms with E-state index in [1.54, 1.807) is 6.07 Å². The lowest BCUT2D eigenvalue weighted by Crippen LogP contribution is -2.01. The van der Waals surface area contributed by atoms with Crippen LogP contribution in [-0.4, -0.2) is 16.0 Å². The molecule has 0 bridgehead atoms. The van der Waals surface area contributed by atoms with E-state index in [0.29, 0.717) is 17.7 Å². The third-order valence-electron chi connectivity index (χ3n) is 2.35. The first-order chi connectivity index (χ1) is 7.19. The highest BCUT2D eigenvalue weighted by atomic mass is 16.4. The first-order valence-corrected chi connectivity index (χ1v) is 5.20. The molecule has 0 aliphatic rings. The summed E-state index contributed by atoms with van der Waals surface area (Å²) in [4.78, 5) is 0. The Hall–Kier alpha value is -1.51. The molecule has 0 unspecified atom stereocenters. The van der Waals surface area contributed by atoms with Crippen molar-refractivity contribution in [3.63, 3.8) is 0 Å². The van der Waals surface area contributed by atoms with E-state index >= 15 is 0 Å². The van der Waals surface area contributed by atoms with Crippen LogP contribution in [-0.2, 0) is 0 Å². The molecule has 0 aromatic heterocycles. The number of oxime groups is 1. The topological polar surface area (TPSA) is 52.8 Å². The Morgan fingerprint density at radius 3 is 2.73 bits per heavy atom. The lowest BCUT2D eigenvalue weighted by molar-refractivity contribution is 0.317. The molecule has 0 saturated carbocycles. The van der Waals surface area contributed by atoms with E-state index in [0.717, 1.165) is 18.4 Å². The fraction of sp³-hybridized carbons (Fsp3) is 0.417. The smallest absolute Gasteiger partial charge is 0.124 e. The molecule has 0 saturated heterocycles. The van der Waals surface area contributed by atoms with E-state index in [1.165, 1.54) is 0 Å². The van der Waals surface area contributed by atoms with Gasteiger partial charge in [-0.1, -0.05) is 30.1 Å². The predicted molar refractivity (Wildman–Crippen MR) is 60.7 cm³/mol. The van der Waals surface area contributed by atoms with Crippen LogP contribution in [0.2, 0.25) is 0 Å². The van der Waals surface area contributed by atoms with Crippen LogP contribution in [0.25, 0.3) is 0 Å². The van der Waals surface area contributed by atoms with Gasteiger partial charge in [0.05, 0.1) is 5.71 Å². The fourth-order valence-electron chi connectivity index (χ4n) is 1.46. The molecule has 0 amide bonds. The molecular formula is C12H17NO2. The van der Waals surface area contributed by atoms with E-state index in [2.05, 4.69) is 12.1 Å². The van der Waals surface area contributed by atoms with Crippen molar-refractivity contribution in [2.45, 2.75) is 33.1 Å². The summed E-state index contributed by atoms with van der Waals surface area (Å²) in [5.41, 5.74) is 2.23. The number of phenolic OH excluding ortho intramolecular Hbond substituents is 1. The number of rotatable bonds is 4. The summed E-state index contributed by atoms with van der Waals surface area (Å²) < 4.78 is 0. The maximum absolute atomic E-state index is 9.64. The second-order valence-corrected chi connectivity index (χ2v) is 3.67. The number of unbranched alkanes of at least 4 members (excludes halogenated alkanes) is 1. The maximum atomic E-state index is 9.64. The van der Waals surface area contributed by atoms with Crippen LogP contribution in [0, 0.1) is 6.92 Å². The molecule has 0 atom stereocenters. The summed E-state index contributed by atoms with van der Waals surface area (Å²) in [6, 6.07) is 5.29. The van der Waals surface area contributed by atoms with Crippen LogP contribution in [0.5, 0.6) is 5.75 Å². The van der Waals surface area contributed by atoms with Gasteiger partial charge in [-0.05, 0) is 31.9 Å². The van der Waals surface area contributed by atoms with Crippen LogP contribution in [0.15, 0.2) is 23.4 Å². The summed E-state index contributed by atoms with van der Waals surface area (Å²) in [5.74, 6) is 0.171. The Balaban J connectivity index is 2.96. The molecule has 0 aliphatic carbocycles. The minimum atomic E-state index is 0.171. The van der Waals surface area contributed by atoms with Gasteiger partial charge in [0.25, 0.3) is 0 Å². The second-order valence-electron chi connectivity index (χ2n) is 3.67. The van der Waals surface area contributed by atoms with Crippen molar-refractivity contribution in [3.05, 3.63) is 29.3 Å². The van der Waals surface area contributed by atoms with Crippen molar-refractivity contribution < 1.29 is 10.3 Å². The molecule has 3 heteroatoms. The molecule has 0 radical (unpaired) electrons. The number of nitrogens with zero attached hydrogens (tertiary/aromatic N) is 1. The van der Waals surface area contributed by atoms with Gasteiger partial charge in [0, 0.05) is 5.56 Å². The third-order valence-corrected chi connectivity index (χ3v) is 2.35. The first kappa shape index (κ1) is 11.6. The zero-order valence-electron chi connectivity index (χ0n) is 9.20. The highest BCUT2D eigenvalue weighted by Gasteiger charge is 2.09. The van der Waals surface area contributed by atoms with Crippen molar-refractivity contribution in [3.8, 4) is 5.75 Å². The number of aromatic hydroxyl groups is 1. The quantitative estimate of drug-likeness (QED) is 0.453. The molecule has 0 heterocycles. The minimum Gasteiger partial charge on any atom is -0.507 e. The van der Waals surface area contributed by atoms with Crippen molar-refractivity contribution >= 4 is 5.71 Å². The van der Waals surface area contributed by atoms with Crippen LogP contribution < -0.4 is 0 Å². The number of aryl methyl sites for hydroxylation is 1. The second kappa shape index (κ2) is 5.39. The molecular weight excluding hydrogens is 190 g/mol. The Morgan fingerprint density at radius 1 is 1.40 bits per heavy atom. The molecule has 82 valence electrons. The Bertz CT molecular complexity index is 359. The predicted octanol–water partition coefficient (Wildman–Crippen LogP) is 3.07. The summed E-state index contributed by atoms with van der Waals surface area (Å²) in [5, 5.41) is 21.8. The summed E-state index contributed by atoms with van der Waals surface area (Å²) in [6.45, 7) is 4.02. The molecule has 1 aromatic carbocycles. The normalized spacial score (nSPS) is 11.7. The molecule has 1 aromatic rings. The van der Waals surface area contributed by atoms with Gasteiger partial charge in [-0.3, -0.25) is 0 Å². The molecule has 1 rings (SSSR count). The molecule has 0 fully saturated rings. The Kier molecular flexibility index (Phi) is 4.16. The number of hydrogen-bond acceptors (Lipinski definition) is 3. The lowest BCUT2D eigenvalue weighted by atomic mass is 10.0. The largest absolute Gasteiger partial charge is 0.507 e. The van der Waals surface area contributed by atoms with Gasteiger partial charge in [-0.25, -0.2) is 0 Å². The Labute approximate surface area is 90.1 Å². The highest BCUT2D eigenvalue weighted by molar-refractivity contribution is 6.02. The average molecular weight is 207 g/mol. The van der Waals surface area contributed by atoms with E-state index in [9.17, 15) is 5.11 Å². The standard InChI is InChI=1S/C12H17NO2/c1-3-4-5-11(13-15)10-8-9(2)6-7-12(10)14/h6-8,14-15H,3-5H2,1-2H3. The van der Waals surface area contributed by atoms with Crippen molar-refractivity contribution in [1.29, 1.82) is 0 Å². The van der Waals surface area contributed by atoms with Gasteiger partial charge in [-0.15, -0.1) is 0 Å². The first-order valence-electron chi connectivity index (χ1n) is 5.20. The van der Waals surface area contributed by atoms with Gasteiger partial charge in [-0.2, -0.15) is 0 Å². The van der Waals surface area contributed by atoms with Gasteiger partial charge in [0.1, 0.15) is 5.75 Å². The number of benzene rings is 1. The SMILES string of the molecule is CCCCC(=NO)c1cc(C)ccc1O. The van der Waals surface area contributed by atoms with E-state index in [4.69, 9.17) is 5.21 Å². The third kappa shape index (κ3) is 2.98. The monoisotopic (exact) mass is 207 g/mol. The van der Waals surface area contributed by atoms with Crippen LogP contribution >= 0.6 is 0 Å². The zero-order valence-corrected chi connectivity index (χ0v) is 9.20. The maximum Gasteiger partial charge on any atom is 0.124 e. The Morgan fingerprint density at radius 2 is 2.13 bits per heavy atom. The van der Waals surface area contributed by atoms with E-state index < -0.39 is 0 Å². The summed E-state index contributed by atoms with van der Waals surface area (Å²) in [6.07, 6.45) is 2.67. The average Bonchev–Trinajstić information content (AvgIpc) is 2.24. The van der Waals surface area contributed by atoms with Gasteiger partial charge in [0.2, 0.25) is 0 Å². The van der Waals surface area contributed by atoms with E-state index in [1.807, 2.05) is 19.1 Å². The van der Waals surface area contributed by atoms with Crippen molar-refractivity contribution in [2.75, 3.05) is 0 Å². The lowest BCUT2D eigenvalue weighted by Gasteiger charge is -2.07. The van der Waals surface area contributed by atoms with Crippen molar-refractivity contribution in [2.24, 2.45) is 5.16 Å². The number of hydrogen-bond donors (Lipinski definition) is 2. The van der Waals surface area contributed by atoms with Crippen LogP contribution in [0.1, 0.15) is 37.3 Å². The van der Waals surface area contributed by atoms with Gasteiger partial charge < -0.3 is 10.3 Å². The summed E-state index contributed by atoms with van der Waals surface area (Å²) >= 11 is 0. The van der Waals surface area contributed by atoms with Gasteiger partial charge in [0.15, 0.2) is 0 Å². The molecule has 0 spiro atoms. The van der Waals surface area contributed by atoms with Crippen LogP contribution in [0.3, 0.4) is 0 Å².